The van der Waals surface area contributed by atoms with E-state index < -0.39 is 0 Å². The van der Waals surface area contributed by atoms with Crippen molar-refractivity contribution in [2.75, 3.05) is 0 Å². The van der Waals surface area contributed by atoms with Crippen LogP contribution in [-0.4, -0.2) is 4.98 Å². The molecule has 0 atom stereocenters. The standard InChI is InChI=1S/C10H10FN3S/c11-8-4-2-1-3-7(8)9-6-15-10(14-9)5-13-12/h1-4,6,13H,5,12H2. The highest BCUT2D eigenvalue weighted by Crippen LogP contribution is 2.24. The molecule has 0 bridgehead atoms. The van der Waals surface area contributed by atoms with Crippen LogP contribution < -0.4 is 11.3 Å². The van der Waals surface area contributed by atoms with Crippen molar-refractivity contribution in [1.29, 1.82) is 0 Å². The number of hydrogen-bond acceptors (Lipinski definition) is 4. The van der Waals surface area contributed by atoms with Crippen LogP contribution in [0, 0.1) is 5.82 Å². The molecule has 0 unspecified atom stereocenters. The first kappa shape index (κ1) is 10.2. The maximum Gasteiger partial charge on any atom is 0.132 e. The fourth-order valence-corrected chi connectivity index (χ4v) is 2.02. The average molecular weight is 223 g/mol. The summed E-state index contributed by atoms with van der Waals surface area (Å²) in [4.78, 5) is 4.27. The van der Waals surface area contributed by atoms with E-state index in [9.17, 15) is 4.39 Å². The fourth-order valence-electron chi connectivity index (χ4n) is 1.27. The Morgan fingerprint density at radius 2 is 2.20 bits per heavy atom. The first-order valence-corrected chi connectivity index (χ1v) is 5.32. The number of thiazole rings is 1. The van der Waals surface area contributed by atoms with Crippen LogP contribution in [0.1, 0.15) is 5.01 Å². The summed E-state index contributed by atoms with van der Waals surface area (Å²) in [5.74, 6) is 4.93. The third-order valence-corrected chi connectivity index (χ3v) is 2.80. The quantitative estimate of drug-likeness (QED) is 0.617. The zero-order valence-corrected chi connectivity index (χ0v) is 8.72. The molecule has 3 N–H and O–H groups in total. The summed E-state index contributed by atoms with van der Waals surface area (Å²) >= 11 is 1.46. The lowest BCUT2D eigenvalue weighted by Crippen LogP contribution is -2.20. The number of halogens is 1. The second-order valence-electron chi connectivity index (χ2n) is 2.99. The molecule has 2 aromatic rings. The highest BCUT2D eigenvalue weighted by atomic mass is 32.1. The Morgan fingerprint density at radius 3 is 2.93 bits per heavy atom. The van der Waals surface area contributed by atoms with Gasteiger partial charge in [0.2, 0.25) is 0 Å². The lowest BCUT2D eigenvalue weighted by molar-refractivity contribution is 0.630. The number of rotatable bonds is 3. The molecule has 0 radical (unpaired) electrons. The molecule has 1 aromatic carbocycles. The van der Waals surface area contributed by atoms with E-state index in [0.29, 0.717) is 17.8 Å². The third-order valence-electron chi connectivity index (χ3n) is 1.95. The van der Waals surface area contributed by atoms with E-state index in [4.69, 9.17) is 5.84 Å². The summed E-state index contributed by atoms with van der Waals surface area (Å²) in [5, 5.41) is 2.67. The molecule has 2 rings (SSSR count). The van der Waals surface area contributed by atoms with E-state index in [0.717, 1.165) is 5.01 Å². The van der Waals surface area contributed by atoms with Crippen LogP contribution >= 0.6 is 11.3 Å². The molecule has 0 saturated carbocycles. The first-order valence-electron chi connectivity index (χ1n) is 4.44. The van der Waals surface area contributed by atoms with Crippen molar-refractivity contribution in [3.8, 4) is 11.3 Å². The number of aromatic nitrogens is 1. The minimum Gasteiger partial charge on any atom is -0.271 e. The highest BCUT2D eigenvalue weighted by Gasteiger charge is 2.07. The molecule has 0 fully saturated rings. The summed E-state index contributed by atoms with van der Waals surface area (Å²) < 4.78 is 13.4. The summed E-state index contributed by atoms with van der Waals surface area (Å²) in [7, 11) is 0. The highest BCUT2D eigenvalue weighted by molar-refractivity contribution is 7.09. The topological polar surface area (TPSA) is 50.9 Å². The number of nitrogens with zero attached hydrogens (tertiary/aromatic N) is 1. The van der Waals surface area contributed by atoms with E-state index in [2.05, 4.69) is 10.4 Å². The summed E-state index contributed by atoms with van der Waals surface area (Å²) in [6.45, 7) is 0.499. The van der Waals surface area contributed by atoms with Crippen LogP contribution in [-0.2, 0) is 6.54 Å². The summed E-state index contributed by atoms with van der Waals surface area (Å²) in [6.07, 6.45) is 0. The minimum absolute atomic E-state index is 0.255. The van der Waals surface area contributed by atoms with Gasteiger partial charge in [0.25, 0.3) is 0 Å². The number of nitrogens with one attached hydrogen (secondary N) is 1. The number of nitrogens with two attached hydrogens (primary N) is 1. The number of hydrazine groups is 1. The van der Waals surface area contributed by atoms with Crippen LogP contribution in [0.15, 0.2) is 29.6 Å². The van der Waals surface area contributed by atoms with Gasteiger partial charge in [-0.3, -0.25) is 11.3 Å². The summed E-state index contributed by atoms with van der Waals surface area (Å²) in [6, 6.07) is 6.59. The van der Waals surface area contributed by atoms with Gasteiger partial charge in [-0.1, -0.05) is 12.1 Å². The minimum atomic E-state index is -0.255. The Balaban J connectivity index is 2.33. The van der Waals surface area contributed by atoms with Crippen molar-refractivity contribution in [1.82, 2.24) is 10.4 Å². The normalized spacial score (nSPS) is 10.5. The lowest BCUT2D eigenvalue weighted by Gasteiger charge is -1.97. The van der Waals surface area contributed by atoms with Crippen molar-refractivity contribution in [3.63, 3.8) is 0 Å². The molecule has 15 heavy (non-hydrogen) atoms. The van der Waals surface area contributed by atoms with E-state index in [1.54, 1.807) is 18.2 Å². The Morgan fingerprint density at radius 1 is 1.40 bits per heavy atom. The molecular formula is C10H10FN3S. The molecule has 0 aliphatic heterocycles. The van der Waals surface area contributed by atoms with Gasteiger partial charge in [0, 0.05) is 10.9 Å². The van der Waals surface area contributed by atoms with Gasteiger partial charge >= 0.3 is 0 Å². The van der Waals surface area contributed by atoms with E-state index >= 15 is 0 Å². The SMILES string of the molecule is NNCc1nc(-c2ccccc2F)cs1. The molecule has 5 heteroatoms. The molecule has 1 heterocycles. The monoisotopic (exact) mass is 223 g/mol. The van der Waals surface area contributed by atoms with E-state index in [1.807, 2.05) is 5.38 Å². The van der Waals surface area contributed by atoms with Crippen LogP contribution in [0.3, 0.4) is 0 Å². The lowest BCUT2D eigenvalue weighted by atomic mass is 10.2. The van der Waals surface area contributed by atoms with Crippen molar-refractivity contribution >= 4 is 11.3 Å². The first-order chi connectivity index (χ1) is 7.31. The zero-order valence-electron chi connectivity index (χ0n) is 7.90. The van der Waals surface area contributed by atoms with Crippen LogP contribution in [0.25, 0.3) is 11.3 Å². The molecule has 78 valence electrons. The molecule has 0 aliphatic rings. The predicted octanol–water partition coefficient (Wildman–Crippen LogP) is 1.91. The second kappa shape index (κ2) is 4.48. The molecule has 0 spiro atoms. The van der Waals surface area contributed by atoms with Gasteiger partial charge in [0.1, 0.15) is 10.8 Å². The van der Waals surface area contributed by atoms with Crippen molar-refractivity contribution in [2.45, 2.75) is 6.54 Å². The van der Waals surface area contributed by atoms with Gasteiger partial charge in [0.15, 0.2) is 0 Å². The Labute approximate surface area is 90.7 Å². The molecule has 0 amide bonds. The van der Waals surface area contributed by atoms with E-state index in [-0.39, 0.29) is 5.82 Å². The molecule has 1 aromatic heterocycles. The van der Waals surface area contributed by atoms with Crippen molar-refractivity contribution in [2.24, 2.45) is 5.84 Å². The molecule has 0 aliphatic carbocycles. The molecule has 0 saturated heterocycles. The Kier molecular flexibility index (Phi) is 3.05. The van der Waals surface area contributed by atoms with Gasteiger partial charge in [-0.25, -0.2) is 9.37 Å². The van der Waals surface area contributed by atoms with Crippen LogP contribution in [0.4, 0.5) is 4.39 Å². The number of hydrogen-bond donors (Lipinski definition) is 2. The largest absolute Gasteiger partial charge is 0.271 e. The van der Waals surface area contributed by atoms with Crippen molar-refractivity contribution < 1.29 is 4.39 Å². The smallest absolute Gasteiger partial charge is 0.132 e. The molecular weight excluding hydrogens is 213 g/mol. The third kappa shape index (κ3) is 2.20. The van der Waals surface area contributed by atoms with Gasteiger partial charge in [-0.2, -0.15) is 0 Å². The van der Waals surface area contributed by atoms with Gasteiger partial charge < -0.3 is 0 Å². The zero-order chi connectivity index (χ0) is 10.7. The average Bonchev–Trinajstić information content (AvgIpc) is 2.68. The Hall–Kier alpha value is -1.30. The molecule has 3 nitrogen and oxygen atoms in total. The fraction of sp³-hybridized carbons (Fsp3) is 0.100. The summed E-state index contributed by atoms with van der Waals surface area (Å²) in [5.41, 5.74) is 3.70. The van der Waals surface area contributed by atoms with Crippen LogP contribution in [0.2, 0.25) is 0 Å². The number of benzene rings is 1. The van der Waals surface area contributed by atoms with Crippen LogP contribution in [0.5, 0.6) is 0 Å². The van der Waals surface area contributed by atoms with Gasteiger partial charge in [-0.15, -0.1) is 11.3 Å². The van der Waals surface area contributed by atoms with E-state index in [1.165, 1.54) is 17.4 Å². The second-order valence-corrected chi connectivity index (χ2v) is 3.93. The van der Waals surface area contributed by atoms with Gasteiger partial charge in [0.05, 0.1) is 12.2 Å². The Bertz CT molecular complexity index is 455. The maximum absolute atomic E-state index is 13.4. The van der Waals surface area contributed by atoms with Gasteiger partial charge in [-0.05, 0) is 12.1 Å². The van der Waals surface area contributed by atoms with Crippen molar-refractivity contribution in [3.05, 3.63) is 40.5 Å². The predicted molar refractivity (Wildman–Crippen MR) is 58.5 cm³/mol. The maximum atomic E-state index is 13.4.